The topological polar surface area (TPSA) is 109 Å². The summed E-state index contributed by atoms with van der Waals surface area (Å²) in [5, 5.41) is 5.53. The molecule has 32 heavy (non-hydrogen) atoms. The lowest BCUT2D eigenvalue weighted by Gasteiger charge is -2.32. The molecule has 0 radical (unpaired) electrons. The van der Waals surface area contributed by atoms with Crippen molar-refractivity contribution in [2.75, 3.05) is 13.1 Å². The summed E-state index contributed by atoms with van der Waals surface area (Å²) < 4.78 is 45.4. The zero-order valence-corrected chi connectivity index (χ0v) is 18.9. The van der Waals surface area contributed by atoms with Crippen LogP contribution in [0, 0.1) is 17.7 Å². The summed E-state index contributed by atoms with van der Waals surface area (Å²) in [5.41, 5.74) is 0. The number of amides is 2. The predicted molar refractivity (Wildman–Crippen MR) is 115 cm³/mol. The lowest BCUT2D eigenvalue weighted by atomic mass is 9.96. The van der Waals surface area contributed by atoms with Gasteiger partial charge >= 0.3 is 0 Å². The summed E-state index contributed by atoms with van der Waals surface area (Å²) in [6.07, 6.45) is 2.54. The molecule has 1 aromatic carbocycles. The normalized spacial score (nSPS) is 18.3. The van der Waals surface area contributed by atoms with Crippen molar-refractivity contribution in [1.29, 1.82) is 0 Å². The number of piperidine rings is 1. The SMILES string of the molecule is CC(C)[C@@H](NC(=O)C1CCCN(S(=O)(=O)c2ccc(F)cc2)C1)C(=O)NCc1ccco1. The first kappa shape index (κ1) is 23.9. The Labute approximate surface area is 187 Å². The van der Waals surface area contributed by atoms with Gasteiger partial charge in [-0.2, -0.15) is 4.31 Å². The maximum absolute atomic E-state index is 13.2. The molecule has 2 aromatic rings. The zero-order chi connectivity index (χ0) is 23.3. The summed E-state index contributed by atoms with van der Waals surface area (Å²) in [7, 11) is -3.84. The van der Waals surface area contributed by atoms with Crippen molar-refractivity contribution in [3.8, 4) is 0 Å². The van der Waals surface area contributed by atoms with E-state index < -0.39 is 27.8 Å². The van der Waals surface area contributed by atoms with E-state index in [1.807, 2.05) is 13.8 Å². The molecule has 3 rings (SSSR count). The van der Waals surface area contributed by atoms with Crippen LogP contribution in [0.1, 0.15) is 32.4 Å². The molecule has 0 bridgehead atoms. The zero-order valence-electron chi connectivity index (χ0n) is 18.1. The first-order valence-corrected chi connectivity index (χ1v) is 12.0. The van der Waals surface area contributed by atoms with Gasteiger partial charge in [-0.15, -0.1) is 0 Å². The second-order valence-electron chi connectivity index (χ2n) is 8.18. The molecule has 1 unspecified atom stereocenters. The fraction of sp³-hybridized carbons (Fsp3) is 0.455. The van der Waals surface area contributed by atoms with Crippen LogP contribution in [0.3, 0.4) is 0 Å². The maximum atomic E-state index is 13.2. The van der Waals surface area contributed by atoms with E-state index in [-0.39, 0.29) is 42.3 Å². The Morgan fingerprint density at radius 1 is 1.22 bits per heavy atom. The third-order valence-electron chi connectivity index (χ3n) is 5.47. The Kier molecular flexibility index (Phi) is 7.68. The highest BCUT2D eigenvalue weighted by Crippen LogP contribution is 2.24. The Bertz CT molecular complexity index is 1020. The van der Waals surface area contributed by atoms with Crippen LogP contribution in [0.4, 0.5) is 4.39 Å². The minimum Gasteiger partial charge on any atom is -0.467 e. The molecule has 1 fully saturated rings. The number of hydrogen-bond donors (Lipinski definition) is 2. The largest absolute Gasteiger partial charge is 0.467 e. The summed E-state index contributed by atoms with van der Waals surface area (Å²) in [5.74, 6) is -1.38. The van der Waals surface area contributed by atoms with Crippen molar-refractivity contribution in [2.45, 2.75) is 44.2 Å². The third-order valence-corrected chi connectivity index (χ3v) is 7.35. The lowest BCUT2D eigenvalue weighted by molar-refractivity contribution is -0.132. The van der Waals surface area contributed by atoms with Crippen molar-refractivity contribution in [2.24, 2.45) is 11.8 Å². The molecular formula is C22H28FN3O5S. The minimum absolute atomic E-state index is 0.00434. The van der Waals surface area contributed by atoms with E-state index in [1.165, 1.54) is 22.7 Å². The average molecular weight is 466 g/mol. The third kappa shape index (κ3) is 5.74. The molecule has 0 saturated carbocycles. The highest BCUT2D eigenvalue weighted by atomic mass is 32.2. The van der Waals surface area contributed by atoms with Gasteiger partial charge in [-0.3, -0.25) is 9.59 Å². The van der Waals surface area contributed by atoms with Crippen LogP contribution >= 0.6 is 0 Å². The van der Waals surface area contributed by atoms with Gasteiger partial charge < -0.3 is 15.1 Å². The van der Waals surface area contributed by atoms with Gasteiger partial charge in [-0.25, -0.2) is 12.8 Å². The van der Waals surface area contributed by atoms with Crippen molar-refractivity contribution < 1.29 is 26.8 Å². The lowest BCUT2D eigenvalue weighted by Crippen LogP contribution is -2.53. The smallest absolute Gasteiger partial charge is 0.243 e. The van der Waals surface area contributed by atoms with Gasteiger partial charge in [0.05, 0.1) is 23.6 Å². The number of hydrogen-bond acceptors (Lipinski definition) is 5. The highest BCUT2D eigenvalue weighted by Gasteiger charge is 2.35. The quantitative estimate of drug-likeness (QED) is 0.622. The molecule has 1 aliphatic heterocycles. The van der Waals surface area contributed by atoms with E-state index in [9.17, 15) is 22.4 Å². The van der Waals surface area contributed by atoms with E-state index in [0.29, 0.717) is 18.6 Å². The van der Waals surface area contributed by atoms with Gasteiger partial charge in [0.2, 0.25) is 21.8 Å². The second kappa shape index (κ2) is 10.3. The first-order valence-electron chi connectivity index (χ1n) is 10.5. The van der Waals surface area contributed by atoms with Crippen molar-refractivity contribution in [3.05, 3.63) is 54.2 Å². The average Bonchev–Trinajstić information content (AvgIpc) is 3.29. The predicted octanol–water partition coefficient (Wildman–Crippen LogP) is 2.28. The van der Waals surface area contributed by atoms with E-state index in [0.717, 1.165) is 12.1 Å². The van der Waals surface area contributed by atoms with Crippen molar-refractivity contribution >= 4 is 21.8 Å². The Morgan fingerprint density at radius 3 is 2.56 bits per heavy atom. The van der Waals surface area contributed by atoms with E-state index >= 15 is 0 Å². The number of halogens is 1. The van der Waals surface area contributed by atoms with Crippen LogP contribution in [-0.2, 0) is 26.2 Å². The monoisotopic (exact) mass is 465 g/mol. The van der Waals surface area contributed by atoms with E-state index in [4.69, 9.17) is 4.42 Å². The number of carbonyl (C=O) groups is 2. The molecule has 2 N–H and O–H groups in total. The number of sulfonamides is 1. The molecule has 1 aromatic heterocycles. The maximum Gasteiger partial charge on any atom is 0.243 e. The molecule has 0 aliphatic carbocycles. The molecule has 2 heterocycles. The van der Waals surface area contributed by atoms with Gasteiger partial charge in [0, 0.05) is 13.1 Å². The molecule has 10 heteroatoms. The standard InChI is InChI=1S/C22H28FN3O5S/c1-15(2)20(22(28)24-13-18-6-4-12-31-18)25-21(27)16-5-3-11-26(14-16)32(29,30)19-9-7-17(23)8-10-19/h4,6-10,12,15-16,20H,3,5,11,13-14H2,1-2H3,(H,24,28)(H,25,27)/t16?,20-/m1/s1. The number of carbonyl (C=O) groups excluding carboxylic acids is 2. The number of furan rings is 1. The summed E-state index contributed by atoms with van der Waals surface area (Å²) in [6, 6.07) is 7.31. The van der Waals surface area contributed by atoms with Crippen LogP contribution in [0.5, 0.6) is 0 Å². The Morgan fingerprint density at radius 2 is 1.94 bits per heavy atom. The van der Waals surface area contributed by atoms with Crippen LogP contribution in [0.2, 0.25) is 0 Å². The van der Waals surface area contributed by atoms with E-state index in [1.54, 1.807) is 12.1 Å². The van der Waals surface area contributed by atoms with Crippen LogP contribution in [0.25, 0.3) is 0 Å². The van der Waals surface area contributed by atoms with Gasteiger partial charge in [-0.1, -0.05) is 13.8 Å². The van der Waals surface area contributed by atoms with Gasteiger partial charge in [0.25, 0.3) is 0 Å². The molecule has 0 spiro atoms. The van der Waals surface area contributed by atoms with Crippen LogP contribution in [0.15, 0.2) is 52.0 Å². The molecule has 2 atom stereocenters. The van der Waals surface area contributed by atoms with Crippen molar-refractivity contribution in [3.63, 3.8) is 0 Å². The van der Waals surface area contributed by atoms with E-state index in [2.05, 4.69) is 10.6 Å². The molecule has 2 amide bonds. The highest BCUT2D eigenvalue weighted by molar-refractivity contribution is 7.89. The van der Waals surface area contributed by atoms with Gasteiger partial charge in [-0.05, 0) is 55.2 Å². The molecule has 1 aliphatic rings. The first-order chi connectivity index (χ1) is 15.2. The number of benzene rings is 1. The van der Waals surface area contributed by atoms with Crippen LogP contribution in [-0.4, -0.2) is 43.7 Å². The Hall–Kier alpha value is -2.72. The number of nitrogens with zero attached hydrogens (tertiary/aromatic N) is 1. The summed E-state index contributed by atoms with van der Waals surface area (Å²) in [6.45, 7) is 4.14. The van der Waals surface area contributed by atoms with Crippen LogP contribution < -0.4 is 10.6 Å². The summed E-state index contributed by atoms with van der Waals surface area (Å²) >= 11 is 0. The molecule has 174 valence electrons. The fourth-order valence-electron chi connectivity index (χ4n) is 3.63. The second-order valence-corrected chi connectivity index (χ2v) is 10.1. The fourth-order valence-corrected chi connectivity index (χ4v) is 5.16. The molecular weight excluding hydrogens is 437 g/mol. The Balaban J connectivity index is 1.63. The molecule has 8 nitrogen and oxygen atoms in total. The minimum atomic E-state index is -3.84. The van der Waals surface area contributed by atoms with Gasteiger partial charge in [0.1, 0.15) is 17.6 Å². The van der Waals surface area contributed by atoms with Crippen molar-refractivity contribution in [1.82, 2.24) is 14.9 Å². The van der Waals surface area contributed by atoms with Gasteiger partial charge in [0.15, 0.2) is 0 Å². The number of nitrogens with one attached hydrogen (secondary N) is 2. The summed E-state index contributed by atoms with van der Waals surface area (Å²) in [4.78, 5) is 25.5. The molecule has 1 saturated heterocycles. The number of rotatable bonds is 8.